The Morgan fingerprint density at radius 2 is 2.47 bits per heavy atom. The van der Waals surface area contributed by atoms with Crippen molar-refractivity contribution in [1.82, 2.24) is 0 Å². The third kappa shape index (κ3) is 3.46. The van der Waals surface area contributed by atoms with Crippen molar-refractivity contribution in [3.05, 3.63) is 23.7 Å². The zero-order valence-electron chi connectivity index (χ0n) is 22.3. The van der Waals surface area contributed by atoms with Gasteiger partial charge in [-0.2, -0.15) is 0 Å². The summed E-state index contributed by atoms with van der Waals surface area (Å²) in [6, 6.07) is -1.14. The Morgan fingerprint density at radius 1 is 1.59 bits per heavy atom. The standard InChI is InChI=1S/C13H16BrNO2/c14-7-1-2-8-17-11-5-3-10-4-6-13(16)15-12(10)9-11/h3,5,9H,1-2,4,6-8H2,(H,15,16)/i1D2,2D2,4D2,5D,6D2,7D2,8D2,9D. The van der Waals surface area contributed by atoms with Gasteiger partial charge in [0.2, 0.25) is 5.91 Å². The Hall–Kier alpha value is -1.03. The summed E-state index contributed by atoms with van der Waals surface area (Å²) in [4.78, 5) is 12.0. The predicted octanol–water partition coefficient (Wildman–Crippen LogP) is 3.13. The quantitative estimate of drug-likeness (QED) is 0.848. The van der Waals surface area contributed by atoms with Crippen LogP contribution in [0.25, 0.3) is 0 Å². The van der Waals surface area contributed by atoms with Crippen LogP contribution in [0.3, 0.4) is 0 Å². The van der Waals surface area contributed by atoms with Crippen molar-refractivity contribution in [1.29, 1.82) is 0 Å². The number of hydrogen-bond donors (Lipinski definition) is 1. The number of rotatable bonds is 5. The van der Waals surface area contributed by atoms with Crippen LogP contribution in [-0.4, -0.2) is 17.7 Å². The second-order valence-electron chi connectivity index (χ2n) is 2.78. The predicted molar refractivity (Wildman–Crippen MR) is 71.9 cm³/mol. The van der Waals surface area contributed by atoms with Crippen LogP contribution in [0.1, 0.15) is 43.9 Å². The number of carbonyl (C=O) groups excluding carboxylic acids is 1. The summed E-state index contributed by atoms with van der Waals surface area (Å²) in [6.45, 7) is -3.65. The number of benzene rings is 1. The van der Waals surface area contributed by atoms with Crippen molar-refractivity contribution in [2.24, 2.45) is 0 Å². The molecule has 17 heavy (non-hydrogen) atoms. The normalized spacial score (nSPS) is 35.5. The number of hydrogen-bond acceptors (Lipinski definition) is 2. The number of carbonyl (C=O) groups is 1. The van der Waals surface area contributed by atoms with Crippen molar-refractivity contribution in [3.8, 4) is 5.75 Å². The SMILES string of the molecule is [2H]c1cc2c(c([2H])c1OC([2H])([2H])C([2H])([2H])C([2H])([2H])C([2H])([2H])Br)NC(=O)C([2H])([2H])C2([2H])[2H]. The van der Waals surface area contributed by atoms with Crippen molar-refractivity contribution in [2.45, 2.75) is 25.5 Å². The van der Waals surface area contributed by atoms with Gasteiger partial charge in [0.25, 0.3) is 0 Å². The Morgan fingerprint density at radius 3 is 3.29 bits per heavy atom. The molecule has 92 valence electrons. The van der Waals surface area contributed by atoms with Gasteiger partial charge >= 0.3 is 0 Å². The maximum atomic E-state index is 12.0. The minimum atomic E-state index is -3.68. The average molecular weight is 312 g/mol. The first-order chi connectivity index (χ1) is 13.5. The molecule has 0 unspecified atom stereocenters. The van der Waals surface area contributed by atoms with E-state index in [1.54, 1.807) is 0 Å². The maximum Gasteiger partial charge on any atom is 0.224 e. The summed E-state index contributed by atoms with van der Waals surface area (Å²) >= 11 is 2.32. The van der Waals surface area contributed by atoms with E-state index in [-0.39, 0.29) is 0 Å². The van der Waals surface area contributed by atoms with Gasteiger partial charge in [-0.15, -0.1) is 0 Å². The zero-order chi connectivity index (χ0) is 24.6. The van der Waals surface area contributed by atoms with E-state index in [1.807, 2.05) is 5.32 Å². The minimum Gasteiger partial charge on any atom is -0.494 e. The fourth-order valence-electron chi connectivity index (χ4n) is 1.07. The van der Waals surface area contributed by atoms with Crippen molar-refractivity contribution < 1.29 is 28.7 Å². The van der Waals surface area contributed by atoms with Crippen LogP contribution in [-0.2, 0) is 11.2 Å². The van der Waals surface area contributed by atoms with Crippen LogP contribution in [0.2, 0.25) is 0 Å². The van der Waals surface area contributed by atoms with Gasteiger partial charge in [-0.1, -0.05) is 22.0 Å². The number of alkyl halides is 1. The Bertz CT molecular complexity index is 926. The molecule has 0 atom stereocenters. The molecule has 1 aliphatic rings. The van der Waals surface area contributed by atoms with E-state index >= 15 is 0 Å². The van der Waals surface area contributed by atoms with Crippen molar-refractivity contribution in [2.75, 3.05) is 17.2 Å². The fraction of sp³-hybridized carbons (Fsp3) is 0.462. The molecule has 1 N–H and O–H groups in total. The summed E-state index contributed by atoms with van der Waals surface area (Å²) in [5.74, 6) is -2.43. The average Bonchev–Trinajstić information content (AvgIpc) is 2.57. The molecule has 0 spiro atoms. The molecule has 1 aromatic rings. The lowest BCUT2D eigenvalue weighted by molar-refractivity contribution is -0.116. The second-order valence-corrected chi connectivity index (χ2v) is 3.18. The van der Waals surface area contributed by atoms with Crippen LogP contribution >= 0.6 is 15.9 Å². The van der Waals surface area contributed by atoms with Gasteiger partial charge in [0.1, 0.15) is 5.75 Å². The van der Waals surface area contributed by atoms with Crippen LogP contribution in [0, 0.1) is 0 Å². The smallest absolute Gasteiger partial charge is 0.224 e. The highest BCUT2D eigenvalue weighted by Gasteiger charge is 2.14. The lowest BCUT2D eigenvalue weighted by Crippen LogP contribution is -2.18. The number of ether oxygens (including phenoxy) is 1. The van der Waals surface area contributed by atoms with E-state index in [0.29, 0.717) is 6.07 Å². The molecular weight excluding hydrogens is 282 g/mol. The summed E-state index contributed by atoms with van der Waals surface area (Å²) in [5.41, 5.74) is -1.21. The molecule has 1 amide bonds. The first kappa shape index (κ1) is 3.73. The molecule has 4 heteroatoms. The van der Waals surface area contributed by atoms with E-state index in [2.05, 4.69) is 15.9 Å². The van der Waals surface area contributed by atoms with Gasteiger partial charge in [-0.25, -0.2) is 0 Å². The topological polar surface area (TPSA) is 38.3 Å². The number of fused-ring (bicyclic) bond motifs is 1. The molecule has 0 radical (unpaired) electrons. The number of nitrogens with one attached hydrogen (secondary N) is 1. The Kier molecular flexibility index (Phi) is 1.33. The molecule has 3 nitrogen and oxygen atoms in total. The molecule has 1 heterocycles. The maximum absolute atomic E-state index is 12.0. The summed E-state index contributed by atoms with van der Waals surface area (Å²) in [7, 11) is 0. The lowest BCUT2D eigenvalue weighted by atomic mass is 10.0. The second kappa shape index (κ2) is 6.05. The van der Waals surface area contributed by atoms with E-state index in [4.69, 9.17) is 23.9 Å². The number of aryl methyl sites for hydroxylation is 1. The highest BCUT2D eigenvalue weighted by atomic mass is 79.9. The third-order valence-corrected chi connectivity index (χ3v) is 1.92. The lowest BCUT2D eigenvalue weighted by Gasteiger charge is -2.17. The fourth-order valence-corrected chi connectivity index (χ4v) is 1.17. The van der Waals surface area contributed by atoms with E-state index in [0.717, 1.165) is 0 Å². The highest BCUT2D eigenvalue weighted by Crippen LogP contribution is 2.27. The highest BCUT2D eigenvalue weighted by molar-refractivity contribution is 9.09. The minimum absolute atomic E-state index is 0.588. The third-order valence-electron chi connectivity index (χ3n) is 1.72. The number of amides is 1. The van der Waals surface area contributed by atoms with Crippen molar-refractivity contribution in [3.63, 3.8) is 0 Å². The Labute approximate surface area is 129 Å². The van der Waals surface area contributed by atoms with Crippen LogP contribution in [0.15, 0.2) is 18.2 Å². The molecule has 0 aliphatic carbocycles. The molecule has 1 aromatic carbocycles. The molecule has 0 saturated heterocycles. The number of anilines is 1. The van der Waals surface area contributed by atoms with E-state index < -0.39 is 72.3 Å². The molecule has 0 fully saturated rings. The van der Waals surface area contributed by atoms with Crippen LogP contribution in [0.4, 0.5) is 5.69 Å². The van der Waals surface area contributed by atoms with Gasteiger partial charge in [0.05, 0.1) is 12.0 Å². The zero-order valence-corrected chi connectivity index (χ0v) is 9.86. The molecular formula is C13H16BrNO2. The molecule has 1 aliphatic heterocycles. The van der Waals surface area contributed by atoms with Gasteiger partial charge in [0, 0.05) is 37.1 Å². The molecule has 0 aromatic heterocycles. The first-order valence-electron chi connectivity index (χ1n) is 11.4. The molecule has 2 rings (SSSR count). The molecule has 0 saturated carbocycles. The van der Waals surface area contributed by atoms with Gasteiger partial charge < -0.3 is 10.1 Å². The monoisotopic (exact) mass is 311 g/mol. The van der Waals surface area contributed by atoms with Gasteiger partial charge in [0.15, 0.2) is 0 Å². The first-order valence-corrected chi connectivity index (χ1v) is 5.17. The summed E-state index contributed by atoms with van der Waals surface area (Å²) < 4.78 is 114. The summed E-state index contributed by atoms with van der Waals surface area (Å²) in [6.07, 6.45) is -13.2. The number of halogens is 1. The largest absolute Gasteiger partial charge is 0.494 e. The van der Waals surface area contributed by atoms with Crippen molar-refractivity contribution >= 4 is 27.5 Å². The molecule has 0 bridgehead atoms. The summed E-state index contributed by atoms with van der Waals surface area (Å²) in [5, 5.41) is -1.08. The van der Waals surface area contributed by atoms with Crippen LogP contribution < -0.4 is 10.1 Å². The van der Waals surface area contributed by atoms with E-state index in [9.17, 15) is 4.79 Å². The van der Waals surface area contributed by atoms with Crippen LogP contribution in [0.5, 0.6) is 5.75 Å². The van der Waals surface area contributed by atoms with E-state index in [1.165, 1.54) is 0 Å². The Balaban J connectivity index is 2.63. The van der Waals surface area contributed by atoms with Gasteiger partial charge in [-0.05, 0) is 30.7 Å². The van der Waals surface area contributed by atoms with Gasteiger partial charge in [-0.3, -0.25) is 4.79 Å².